The van der Waals surface area contributed by atoms with Gasteiger partial charge in [0.25, 0.3) is 10.0 Å². The number of hydrogen-bond acceptors (Lipinski definition) is 28. The molecule has 0 amide bonds. The Morgan fingerprint density at radius 2 is 0.912 bits per heavy atom. The molecular weight excluding hydrogens is 1100 g/mol. The van der Waals surface area contributed by atoms with Crippen molar-refractivity contribution in [2.24, 2.45) is 4.52 Å². The zero-order chi connectivity index (χ0) is 54.2. The highest BCUT2D eigenvalue weighted by Crippen LogP contribution is 2.43. The van der Waals surface area contributed by atoms with Gasteiger partial charge in [-0.1, -0.05) is 0 Å². The highest BCUT2D eigenvalue weighted by Gasteiger charge is 2.63. The minimum atomic E-state index is -4.87. The summed E-state index contributed by atoms with van der Waals surface area (Å²) < 4.78 is 186. The monoisotopic (exact) mass is 1170 g/mol. The third-order valence-corrected chi connectivity index (χ3v) is 16.3. The number of nitrogens with zero attached hydrogens (tertiary/aromatic N) is 3. The predicted molar refractivity (Wildman–Crippen MR) is 253 cm³/mol. The number of aliphatic hydroxyl groups excluding tert-OH is 1. The van der Waals surface area contributed by atoms with E-state index in [0.29, 0.717) is 72.7 Å². The van der Waals surface area contributed by atoms with E-state index >= 15 is 0 Å². The van der Waals surface area contributed by atoms with Crippen molar-refractivity contribution in [1.29, 1.82) is 0 Å². The zero-order valence-electron chi connectivity index (χ0n) is 43.8. The molecule has 31 nitrogen and oxygen atoms in total. The zero-order valence-corrected chi connectivity index (χ0v) is 44.7. The Hall–Kier alpha value is -1.78. The molecule has 0 aromatic carbocycles. The van der Waals surface area contributed by atoms with Crippen molar-refractivity contribution in [2.45, 2.75) is 152 Å². The maximum Gasteiger partial charge on any atom is 0.265 e. The summed E-state index contributed by atoms with van der Waals surface area (Å²) in [6.07, 6.45) is -18.1. The van der Waals surface area contributed by atoms with Gasteiger partial charge in [0, 0.05) is 9.43 Å². The maximum absolute atomic E-state index is 13.8. The average Bonchev–Trinajstić information content (AvgIpc) is 4.40. The van der Waals surface area contributed by atoms with Crippen LogP contribution in [0.4, 0.5) is 0 Å². The molecule has 13 fully saturated rings. The summed E-state index contributed by atoms with van der Waals surface area (Å²) in [5, 5.41) is 12.2. The van der Waals surface area contributed by atoms with Crippen LogP contribution in [0.5, 0.6) is 0 Å². The van der Waals surface area contributed by atoms with E-state index in [4.69, 9.17) is 118 Å². The van der Waals surface area contributed by atoms with E-state index < -0.39 is 114 Å². The van der Waals surface area contributed by atoms with Gasteiger partial charge in [0.2, 0.25) is 5.79 Å². The number of aliphatic hydroxyl groups is 1. The molecule has 0 saturated carbocycles. The fraction of sp³-hybridized carbons (Fsp3) is 1.00. The molecule has 13 aliphatic rings. The molecule has 0 aromatic rings. The first kappa shape index (κ1) is 57.3. The first-order valence-corrected chi connectivity index (χ1v) is 29.1. The van der Waals surface area contributed by atoms with Crippen LogP contribution in [-0.2, 0) is 128 Å². The second-order valence-electron chi connectivity index (χ2n) is 22.0. The Morgan fingerprint density at radius 1 is 0.475 bits per heavy atom. The van der Waals surface area contributed by atoms with Gasteiger partial charge in [-0.3, -0.25) is 0 Å². The molecular formula is C48H71N3O28S. The van der Waals surface area contributed by atoms with Gasteiger partial charge in [-0.05, 0) is 5.53 Å². The Bertz CT molecular complexity index is 2170. The van der Waals surface area contributed by atoms with Gasteiger partial charge in [0.15, 0.2) is 18.0 Å². The van der Waals surface area contributed by atoms with Gasteiger partial charge in [0.1, 0.15) is 135 Å². The summed E-state index contributed by atoms with van der Waals surface area (Å²) in [5.41, 5.74) is 7.34. The predicted octanol–water partition coefficient (Wildman–Crippen LogP) is -3.37. The van der Waals surface area contributed by atoms with Gasteiger partial charge in [-0.15, -0.1) is 0 Å². The largest absolute Gasteiger partial charge is 0.387 e. The van der Waals surface area contributed by atoms with Crippen LogP contribution in [0.2, 0.25) is 0 Å². The molecule has 32 heteroatoms. The molecule has 0 aromatic heterocycles. The van der Waals surface area contributed by atoms with Gasteiger partial charge in [0.05, 0.1) is 145 Å². The molecule has 25 atom stereocenters. The summed E-state index contributed by atoms with van der Waals surface area (Å²) in [6.45, 7) is 5.17. The van der Waals surface area contributed by atoms with E-state index in [-0.39, 0.29) is 128 Å². The Balaban J connectivity index is 0.839. The molecule has 80 heavy (non-hydrogen) atoms. The molecule has 13 heterocycles. The Labute approximate surface area is 459 Å². The number of rotatable bonds is 40. The SMILES string of the molecule is [N-]=[N+]=NS(=O)(=O)C(OCC1CO1)[C@H]1OC(OC[C@H]2OC(O[C@]3(COCC4CO4)O[C@H](COCC4CO4)[C@@H](OCC4CO4)[C@@H]3OCC3CO3)[C@H](OCC3CO3)[C@@H](OCC3CO3)[C@@H]2OCC2CO2)[C@H](OCC2CO2)[C@@H](OCC2CO2)[C@H]1O. The molecule has 0 radical (unpaired) electrons. The van der Waals surface area contributed by atoms with Gasteiger partial charge in [-0.2, -0.15) is 0 Å². The van der Waals surface area contributed by atoms with Gasteiger partial charge in [-0.25, -0.2) is 8.42 Å². The molecule has 13 rings (SSSR count). The molecule has 0 aliphatic carbocycles. The van der Waals surface area contributed by atoms with Crippen LogP contribution < -0.4 is 0 Å². The topological polar surface area (TPSA) is 367 Å². The van der Waals surface area contributed by atoms with Crippen molar-refractivity contribution in [2.75, 3.05) is 152 Å². The van der Waals surface area contributed by atoms with E-state index in [1.165, 1.54) is 0 Å². The summed E-state index contributed by atoms with van der Waals surface area (Å²) in [5.74, 6) is -1.82. The van der Waals surface area contributed by atoms with Crippen molar-refractivity contribution < 1.29 is 132 Å². The normalized spacial score (nSPS) is 45.6. The standard InChI is InChI=1S/C48H71N3O28S/c49-50-51-80(53,54)47(75-20-33-12-66-33)40-36(52)39(69-15-28-7-61-28)42(71-17-30-9-63-30)45(77-40)74-22-34-37(67-13-26-5-59-26)41(70-16-29-8-62-29)43(72-18-31-10-64-31)46(76-34)79-48(23-56-2-25-4-58-25)44(73-19-32-11-65-32)38(68-14-27-6-60-27)35(78-48)21-55-1-24-3-57-24/h24-47,52H,1-23H2/t24?,25?,26?,27?,28?,29?,30?,31?,32?,33?,34-,35-,36-,37-,38-,39+,40+,41+,42-,43-,44+,45?,46?,47?,48+/m1/s1. The highest BCUT2D eigenvalue weighted by molar-refractivity contribution is 7.90. The Kier molecular flexibility index (Phi) is 18.4. The van der Waals surface area contributed by atoms with E-state index in [0.717, 1.165) is 0 Å². The van der Waals surface area contributed by atoms with Crippen LogP contribution >= 0.6 is 0 Å². The lowest BCUT2D eigenvalue weighted by Crippen LogP contribution is -2.66. The summed E-state index contributed by atoms with van der Waals surface area (Å²) in [4.78, 5) is 2.55. The Morgan fingerprint density at radius 3 is 1.44 bits per heavy atom. The first-order valence-electron chi connectivity index (χ1n) is 27.6. The van der Waals surface area contributed by atoms with E-state index in [9.17, 15) is 19.1 Å². The first-order chi connectivity index (χ1) is 39.1. The lowest BCUT2D eigenvalue weighted by atomic mass is 9.96. The molecule has 0 bridgehead atoms. The molecule has 13 saturated heterocycles. The fourth-order valence-corrected chi connectivity index (χ4v) is 10.7. The van der Waals surface area contributed by atoms with Crippen molar-refractivity contribution in [3.8, 4) is 0 Å². The van der Waals surface area contributed by atoms with Gasteiger partial charge < -0.3 is 124 Å². The second-order valence-corrected chi connectivity index (χ2v) is 23.6. The lowest BCUT2D eigenvalue weighted by Gasteiger charge is -2.49. The lowest BCUT2D eigenvalue weighted by molar-refractivity contribution is -0.400. The van der Waals surface area contributed by atoms with E-state index in [1.54, 1.807) is 0 Å². The van der Waals surface area contributed by atoms with Crippen molar-refractivity contribution in [3.63, 3.8) is 0 Å². The van der Waals surface area contributed by atoms with Crippen LogP contribution in [-0.4, -0.2) is 317 Å². The molecule has 13 aliphatic heterocycles. The third-order valence-electron chi connectivity index (χ3n) is 15.0. The summed E-state index contributed by atoms with van der Waals surface area (Å²) >= 11 is 0. The average molecular weight is 1170 g/mol. The summed E-state index contributed by atoms with van der Waals surface area (Å²) in [7, 11) is -4.87. The van der Waals surface area contributed by atoms with Crippen LogP contribution in [0.3, 0.4) is 0 Å². The van der Waals surface area contributed by atoms with Crippen molar-refractivity contribution in [1.82, 2.24) is 0 Å². The summed E-state index contributed by atoms with van der Waals surface area (Å²) in [6, 6.07) is 0. The minimum Gasteiger partial charge on any atom is -0.387 e. The number of azide groups is 1. The molecule has 0 spiro atoms. The molecule has 13 unspecified atom stereocenters. The number of sulfonamides is 1. The second kappa shape index (κ2) is 25.7. The van der Waals surface area contributed by atoms with E-state index in [2.05, 4.69) is 9.43 Å². The quantitative estimate of drug-likeness (QED) is 0.0271. The number of hydrogen-bond donors (Lipinski definition) is 1. The third kappa shape index (κ3) is 16.0. The smallest absolute Gasteiger partial charge is 0.265 e. The fourth-order valence-electron chi connectivity index (χ4n) is 9.72. The molecule has 452 valence electrons. The highest BCUT2D eigenvalue weighted by atomic mass is 32.2. The number of epoxide rings is 10. The van der Waals surface area contributed by atoms with Gasteiger partial charge >= 0.3 is 0 Å². The van der Waals surface area contributed by atoms with Crippen molar-refractivity contribution in [3.05, 3.63) is 10.4 Å². The van der Waals surface area contributed by atoms with Crippen molar-refractivity contribution >= 4 is 10.0 Å². The van der Waals surface area contributed by atoms with E-state index in [1.807, 2.05) is 0 Å². The van der Waals surface area contributed by atoms with Crippen LogP contribution in [0.1, 0.15) is 0 Å². The minimum absolute atomic E-state index is 0.00577. The molecule has 1 N–H and O–H groups in total. The van der Waals surface area contributed by atoms with Crippen LogP contribution in [0.15, 0.2) is 4.52 Å². The van der Waals surface area contributed by atoms with Crippen LogP contribution in [0.25, 0.3) is 10.4 Å². The maximum atomic E-state index is 13.8. The number of ether oxygens (including phenoxy) is 25. The van der Waals surface area contributed by atoms with Crippen LogP contribution in [0, 0.1) is 0 Å².